The number of nitrogens with zero attached hydrogens (tertiary/aromatic N) is 2. The first-order chi connectivity index (χ1) is 15.9. The van der Waals surface area contributed by atoms with Gasteiger partial charge in [-0.3, -0.25) is 0 Å². The Balaban J connectivity index is 0.00000187. The van der Waals surface area contributed by atoms with E-state index in [2.05, 4.69) is 13.0 Å². The number of unbranched alkanes of at least 4 members (excludes halogenated alkanes) is 1. The summed E-state index contributed by atoms with van der Waals surface area (Å²) in [5.74, 6) is 0.661. The predicted molar refractivity (Wildman–Crippen MR) is 130 cm³/mol. The number of thioether (sulfide) groups is 1. The zero-order valence-electron chi connectivity index (χ0n) is 19.1. The summed E-state index contributed by atoms with van der Waals surface area (Å²) < 4.78 is 44.5. The van der Waals surface area contributed by atoms with Crippen LogP contribution in [-0.2, 0) is 19.2 Å². The molecule has 0 fully saturated rings. The second-order valence-electron chi connectivity index (χ2n) is 6.83. The molecule has 0 radical (unpaired) electrons. The van der Waals surface area contributed by atoms with Crippen LogP contribution < -0.4 is 4.74 Å². The normalized spacial score (nSPS) is 10.8. The standard InChI is InChI=1S/C23H21F3N2OS2.C2H6/c1-3-4-5-19-21(14-29-18-11-8-16(13-27)20(12-18)30-2)31-22(28-19)15-6-9-17(10-7-15)23(24,25)26;1-2/h6-12H,3-5,14H2,1-2H3;1-2H3. The maximum Gasteiger partial charge on any atom is 0.416 e. The molecule has 3 nitrogen and oxygen atoms in total. The number of hydrogen-bond donors (Lipinski definition) is 0. The van der Waals surface area contributed by atoms with E-state index in [-0.39, 0.29) is 0 Å². The third kappa shape index (κ3) is 7.24. The number of halogens is 3. The van der Waals surface area contributed by atoms with Gasteiger partial charge in [0.25, 0.3) is 0 Å². The molecular weight excluding hydrogens is 465 g/mol. The molecule has 1 aromatic heterocycles. The molecule has 0 spiro atoms. The molecule has 0 N–H and O–H groups in total. The van der Waals surface area contributed by atoms with E-state index in [1.54, 1.807) is 12.1 Å². The molecule has 0 atom stereocenters. The average molecular weight is 493 g/mol. The molecule has 176 valence electrons. The minimum Gasteiger partial charge on any atom is -0.488 e. The van der Waals surface area contributed by atoms with Crippen LogP contribution in [0.1, 0.15) is 55.3 Å². The average Bonchev–Trinajstić information content (AvgIpc) is 3.25. The minimum atomic E-state index is -4.36. The Kier molecular flexibility index (Phi) is 10.3. The summed E-state index contributed by atoms with van der Waals surface area (Å²) in [6.07, 6.45) is 0.318. The molecule has 33 heavy (non-hydrogen) atoms. The van der Waals surface area contributed by atoms with Crippen LogP contribution in [0.3, 0.4) is 0 Å². The van der Waals surface area contributed by atoms with Crippen LogP contribution in [0.2, 0.25) is 0 Å². The van der Waals surface area contributed by atoms with E-state index in [1.807, 2.05) is 26.2 Å². The number of aryl methyl sites for hydroxylation is 1. The largest absolute Gasteiger partial charge is 0.488 e. The van der Waals surface area contributed by atoms with Gasteiger partial charge in [0.2, 0.25) is 0 Å². The molecule has 3 aromatic rings. The van der Waals surface area contributed by atoms with E-state index in [1.165, 1.54) is 35.2 Å². The van der Waals surface area contributed by atoms with Crippen molar-refractivity contribution in [2.45, 2.75) is 57.7 Å². The van der Waals surface area contributed by atoms with E-state index < -0.39 is 11.7 Å². The molecule has 2 aromatic carbocycles. The van der Waals surface area contributed by atoms with E-state index in [4.69, 9.17) is 15.0 Å². The summed E-state index contributed by atoms with van der Waals surface area (Å²) in [5.41, 5.74) is 1.50. The van der Waals surface area contributed by atoms with Crippen LogP contribution in [0.25, 0.3) is 10.6 Å². The second kappa shape index (κ2) is 12.7. The zero-order chi connectivity index (χ0) is 24.4. The van der Waals surface area contributed by atoms with Crippen molar-refractivity contribution < 1.29 is 17.9 Å². The van der Waals surface area contributed by atoms with Crippen LogP contribution >= 0.6 is 23.1 Å². The summed E-state index contributed by atoms with van der Waals surface area (Å²) in [5, 5.41) is 9.85. The van der Waals surface area contributed by atoms with Crippen LogP contribution in [-0.4, -0.2) is 11.2 Å². The Morgan fingerprint density at radius 3 is 2.39 bits per heavy atom. The van der Waals surface area contributed by atoms with Gasteiger partial charge in [-0.05, 0) is 49.4 Å². The Morgan fingerprint density at radius 1 is 1.12 bits per heavy atom. The van der Waals surface area contributed by atoms with Gasteiger partial charge in [-0.1, -0.05) is 39.3 Å². The smallest absolute Gasteiger partial charge is 0.416 e. The maximum atomic E-state index is 12.8. The minimum absolute atomic E-state index is 0.317. The Bertz CT molecular complexity index is 1070. The van der Waals surface area contributed by atoms with Crippen molar-refractivity contribution in [2.24, 2.45) is 0 Å². The van der Waals surface area contributed by atoms with Crippen molar-refractivity contribution in [3.8, 4) is 22.4 Å². The van der Waals surface area contributed by atoms with Crippen molar-refractivity contribution in [3.05, 3.63) is 64.2 Å². The van der Waals surface area contributed by atoms with Gasteiger partial charge >= 0.3 is 6.18 Å². The molecule has 3 rings (SSSR count). The lowest BCUT2D eigenvalue weighted by Gasteiger charge is -2.08. The third-order valence-corrected chi connectivity index (χ3v) is 6.57. The van der Waals surface area contributed by atoms with E-state index in [0.717, 1.165) is 46.9 Å². The Labute approximate surface area is 201 Å². The number of thiazole rings is 1. The summed E-state index contributed by atoms with van der Waals surface area (Å²) in [7, 11) is 0. The summed E-state index contributed by atoms with van der Waals surface area (Å²) in [4.78, 5) is 6.50. The molecule has 0 saturated carbocycles. The number of nitriles is 1. The van der Waals surface area contributed by atoms with Crippen LogP contribution in [0, 0.1) is 11.3 Å². The lowest BCUT2D eigenvalue weighted by molar-refractivity contribution is -0.137. The first-order valence-corrected chi connectivity index (χ1v) is 12.8. The molecule has 0 aliphatic carbocycles. The number of rotatable bonds is 8. The lowest BCUT2D eigenvalue weighted by Crippen LogP contribution is -2.03. The molecular formula is C25H27F3N2OS2. The zero-order valence-corrected chi connectivity index (χ0v) is 20.8. The highest BCUT2D eigenvalue weighted by Gasteiger charge is 2.30. The summed E-state index contributed by atoms with van der Waals surface area (Å²) in [6, 6.07) is 12.6. The number of alkyl halides is 3. The maximum absolute atomic E-state index is 12.8. The second-order valence-corrected chi connectivity index (χ2v) is 8.76. The summed E-state index contributed by atoms with van der Waals surface area (Å²) in [6.45, 7) is 6.41. The van der Waals surface area contributed by atoms with E-state index >= 15 is 0 Å². The first-order valence-electron chi connectivity index (χ1n) is 10.7. The van der Waals surface area contributed by atoms with Gasteiger partial charge in [0.05, 0.1) is 21.7 Å². The predicted octanol–water partition coefficient (Wildman–Crippen LogP) is 8.37. The number of hydrogen-bond acceptors (Lipinski definition) is 5. The van der Waals surface area contributed by atoms with E-state index in [0.29, 0.717) is 28.5 Å². The van der Waals surface area contributed by atoms with Gasteiger partial charge in [0, 0.05) is 10.5 Å². The number of aromatic nitrogens is 1. The lowest BCUT2D eigenvalue weighted by atomic mass is 10.1. The molecule has 0 amide bonds. The van der Waals surface area contributed by atoms with Crippen LogP contribution in [0.5, 0.6) is 5.75 Å². The highest BCUT2D eigenvalue weighted by molar-refractivity contribution is 7.98. The summed E-state index contributed by atoms with van der Waals surface area (Å²) >= 11 is 2.92. The van der Waals surface area contributed by atoms with Gasteiger partial charge in [0.15, 0.2) is 0 Å². The van der Waals surface area contributed by atoms with Crippen molar-refractivity contribution in [3.63, 3.8) is 0 Å². The Hall–Kier alpha value is -2.50. The third-order valence-electron chi connectivity index (χ3n) is 4.67. The molecule has 1 heterocycles. The van der Waals surface area contributed by atoms with Gasteiger partial charge in [-0.25, -0.2) is 4.98 Å². The molecule has 0 bridgehead atoms. The van der Waals surface area contributed by atoms with Crippen molar-refractivity contribution >= 4 is 23.1 Å². The fourth-order valence-corrected chi connectivity index (χ4v) is 4.56. The Morgan fingerprint density at radius 2 is 1.82 bits per heavy atom. The van der Waals surface area contributed by atoms with Gasteiger partial charge < -0.3 is 4.74 Å². The highest BCUT2D eigenvalue weighted by Crippen LogP contribution is 2.34. The van der Waals surface area contributed by atoms with Crippen molar-refractivity contribution in [1.29, 1.82) is 5.26 Å². The SMILES string of the molecule is CC.CCCCc1nc(-c2ccc(C(F)(F)F)cc2)sc1COc1ccc(C#N)c(SC)c1. The topological polar surface area (TPSA) is 45.9 Å². The van der Waals surface area contributed by atoms with Crippen LogP contribution in [0.15, 0.2) is 47.4 Å². The molecule has 0 unspecified atom stereocenters. The fraction of sp³-hybridized carbons (Fsp3) is 0.360. The molecule has 0 aliphatic heterocycles. The van der Waals surface area contributed by atoms with Gasteiger partial charge in [-0.2, -0.15) is 18.4 Å². The monoisotopic (exact) mass is 492 g/mol. The van der Waals surface area contributed by atoms with E-state index in [9.17, 15) is 13.2 Å². The molecule has 0 saturated heterocycles. The van der Waals surface area contributed by atoms with Gasteiger partial charge in [0.1, 0.15) is 23.4 Å². The van der Waals surface area contributed by atoms with Crippen molar-refractivity contribution in [2.75, 3.05) is 6.26 Å². The molecule has 0 aliphatic rings. The van der Waals surface area contributed by atoms with Gasteiger partial charge in [-0.15, -0.1) is 23.1 Å². The fourth-order valence-electron chi connectivity index (χ4n) is 2.96. The van der Waals surface area contributed by atoms with Crippen molar-refractivity contribution in [1.82, 2.24) is 4.98 Å². The highest BCUT2D eigenvalue weighted by atomic mass is 32.2. The first kappa shape index (κ1) is 26.7. The molecule has 8 heteroatoms. The quantitative estimate of drug-likeness (QED) is 0.296. The van der Waals surface area contributed by atoms with Crippen LogP contribution in [0.4, 0.5) is 13.2 Å². The number of ether oxygens (including phenoxy) is 1. The number of benzene rings is 2.